The van der Waals surface area contributed by atoms with Crippen molar-refractivity contribution in [2.75, 3.05) is 6.61 Å². The third kappa shape index (κ3) is 3.56. The lowest BCUT2D eigenvalue weighted by atomic mass is 10.3. The molecule has 1 aromatic heterocycles. The molecular weight excluding hydrogens is 194 g/mol. The van der Waals surface area contributed by atoms with Crippen molar-refractivity contribution in [1.82, 2.24) is 9.97 Å². The fourth-order valence-electron chi connectivity index (χ4n) is 0.836. The van der Waals surface area contributed by atoms with Gasteiger partial charge in [-0.3, -0.25) is 0 Å². The Bertz CT molecular complexity index is 404. The first-order chi connectivity index (χ1) is 7.26. The normalized spacial score (nSPS) is 9.87. The number of ether oxygens (including phenoxy) is 1. The molecule has 0 aliphatic heterocycles. The van der Waals surface area contributed by atoms with Gasteiger partial charge in [-0.15, -0.1) is 0 Å². The van der Waals surface area contributed by atoms with Crippen LogP contribution in [0.1, 0.15) is 18.3 Å². The predicted molar refractivity (Wildman–Crippen MR) is 52.4 cm³/mol. The smallest absolute Gasteiger partial charge is 0.330 e. The number of nitrogens with zero attached hydrogens (tertiary/aromatic N) is 3. The minimum Gasteiger partial charge on any atom is -0.463 e. The first kappa shape index (κ1) is 10.9. The highest BCUT2D eigenvalue weighted by Gasteiger charge is 1.95. The number of hydrogen-bond donors (Lipinski definition) is 0. The fourth-order valence-corrected chi connectivity index (χ4v) is 0.836. The molecule has 0 saturated carbocycles. The predicted octanol–water partition coefficient (Wildman–Crippen LogP) is 0.925. The second-order valence-corrected chi connectivity index (χ2v) is 2.54. The Hall–Kier alpha value is -2.22. The third-order valence-corrected chi connectivity index (χ3v) is 1.47. The highest BCUT2D eigenvalue weighted by molar-refractivity contribution is 5.86. The van der Waals surface area contributed by atoms with Crippen LogP contribution in [0.5, 0.6) is 0 Å². The zero-order chi connectivity index (χ0) is 11.1. The van der Waals surface area contributed by atoms with Crippen molar-refractivity contribution in [2.45, 2.75) is 6.92 Å². The molecule has 5 heteroatoms. The first-order valence-corrected chi connectivity index (χ1v) is 4.33. The van der Waals surface area contributed by atoms with Crippen LogP contribution >= 0.6 is 0 Å². The van der Waals surface area contributed by atoms with Crippen LogP contribution in [0.4, 0.5) is 0 Å². The minimum absolute atomic E-state index is 0.100. The molecular formula is C10H9N3O2. The van der Waals surface area contributed by atoms with Crippen molar-refractivity contribution in [1.29, 1.82) is 5.26 Å². The molecule has 0 aliphatic rings. The summed E-state index contributed by atoms with van der Waals surface area (Å²) < 4.78 is 4.69. The highest BCUT2D eigenvalue weighted by Crippen LogP contribution is 1.98. The molecule has 0 spiro atoms. The number of rotatable bonds is 3. The van der Waals surface area contributed by atoms with Gasteiger partial charge in [0.25, 0.3) is 0 Å². The highest BCUT2D eigenvalue weighted by atomic mass is 16.5. The van der Waals surface area contributed by atoms with E-state index in [0.29, 0.717) is 12.2 Å². The molecule has 0 amide bonds. The molecule has 76 valence electrons. The van der Waals surface area contributed by atoms with Gasteiger partial charge in [-0.2, -0.15) is 5.26 Å². The summed E-state index contributed by atoms with van der Waals surface area (Å²) in [5.74, 6) is -0.315. The Morgan fingerprint density at radius 1 is 1.60 bits per heavy atom. The van der Waals surface area contributed by atoms with Crippen LogP contribution < -0.4 is 0 Å². The van der Waals surface area contributed by atoms with E-state index in [1.807, 2.05) is 0 Å². The maximum Gasteiger partial charge on any atom is 0.330 e. The van der Waals surface area contributed by atoms with Crippen molar-refractivity contribution >= 4 is 12.0 Å². The second kappa shape index (κ2) is 5.50. The van der Waals surface area contributed by atoms with Crippen LogP contribution in [0.2, 0.25) is 0 Å². The van der Waals surface area contributed by atoms with E-state index in [0.717, 1.165) is 0 Å². The number of hydrogen-bond acceptors (Lipinski definition) is 5. The summed E-state index contributed by atoms with van der Waals surface area (Å²) in [7, 11) is 0. The Kier molecular flexibility index (Phi) is 3.98. The van der Waals surface area contributed by atoms with Crippen LogP contribution in [0.15, 0.2) is 18.5 Å². The summed E-state index contributed by atoms with van der Waals surface area (Å²) in [6.45, 7) is 2.07. The lowest BCUT2D eigenvalue weighted by Gasteiger charge is -1.94. The molecule has 0 bridgehead atoms. The zero-order valence-corrected chi connectivity index (χ0v) is 8.17. The minimum atomic E-state index is -0.415. The Balaban J connectivity index is 2.65. The number of aromatic nitrogens is 2. The summed E-state index contributed by atoms with van der Waals surface area (Å²) in [6, 6.07) is 1.80. The zero-order valence-electron chi connectivity index (χ0n) is 8.17. The number of carbonyl (C=O) groups is 1. The lowest BCUT2D eigenvalue weighted by molar-refractivity contribution is -0.137. The molecule has 1 rings (SSSR count). The van der Waals surface area contributed by atoms with Gasteiger partial charge in [0.05, 0.1) is 6.61 Å². The average Bonchev–Trinajstić information content (AvgIpc) is 2.27. The quantitative estimate of drug-likeness (QED) is 0.539. The Morgan fingerprint density at radius 3 is 2.80 bits per heavy atom. The van der Waals surface area contributed by atoms with E-state index in [1.54, 1.807) is 13.0 Å². The summed E-state index contributed by atoms with van der Waals surface area (Å²) in [4.78, 5) is 18.4. The molecule has 0 aromatic carbocycles. The van der Waals surface area contributed by atoms with Gasteiger partial charge in [0.15, 0.2) is 0 Å². The van der Waals surface area contributed by atoms with Crippen molar-refractivity contribution in [3.8, 4) is 6.07 Å². The van der Waals surface area contributed by atoms with Gasteiger partial charge >= 0.3 is 5.97 Å². The SMILES string of the molecule is CCOC(=O)C=Cc1cnc(C#N)nc1. The molecule has 1 heterocycles. The van der Waals surface area contributed by atoms with E-state index < -0.39 is 5.97 Å². The van der Waals surface area contributed by atoms with E-state index >= 15 is 0 Å². The van der Waals surface area contributed by atoms with Gasteiger partial charge in [-0.05, 0) is 13.0 Å². The molecule has 0 saturated heterocycles. The summed E-state index contributed by atoms with van der Waals surface area (Å²) in [5, 5.41) is 8.45. The summed E-state index contributed by atoms with van der Waals surface area (Å²) in [6.07, 6.45) is 5.73. The number of carbonyl (C=O) groups excluding carboxylic acids is 1. The fraction of sp³-hybridized carbons (Fsp3) is 0.200. The van der Waals surface area contributed by atoms with Gasteiger partial charge in [0, 0.05) is 24.0 Å². The molecule has 0 atom stereocenters. The average molecular weight is 203 g/mol. The van der Waals surface area contributed by atoms with Gasteiger partial charge in [0.2, 0.25) is 5.82 Å². The van der Waals surface area contributed by atoms with E-state index in [9.17, 15) is 4.79 Å². The monoisotopic (exact) mass is 203 g/mol. The Labute approximate surface area is 87.0 Å². The third-order valence-electron chi connectivity index (χ3n) is 1.47. The molecule has 0 fully saturated rings. The van der Waals surface area contributed by atoms with Gasteiger partial charge in [-0.1, -0.05) is 0 Å². The Morgan fingerprint density at radius 2 is 2.27 bits per heavy atom. The topological polar surface area (TPSA) is 75.9 Å². The van der Waals surface area contributed by atoms with E-state index in [2.05, 4.69) is 14.7 Å². The molecule has 15 heavy (non-hydrogen) atoms. The lowest BCUT2D eigenvalue weighted by Crippen LogP contribution is -1.98. The van der Waals surface area contributed by atoms with E-state index in [-0.39, 0.29) is 5.82 Å². The van der Waals surface area contributed by atoms with E-state index in [1.165, 1.54) is 24.5 Å². The molecule has 0 unspecified atom stereocenters. The summed E-state index contributed by atoms with van der Waals surface area (Å²) >= 11 is 0. The maximum absolute atomic E-state index is 10.9. The van der Waals surface area contributed by atoms with Crippen LogP contribution in [-0.2, 0) is 9.53 Å². The second-order valence-electron chi connectivity index (χ2n) is 2.54. The van der Waals surface area contributed by atoms with Crippen molar-refractivity contribution in [2.24, 2.45) is 0 Å². The molecule has 0 radical (unpaired) electrons. The first-order valence-electron chi connectivity index (χ1n) is 4.33. The number of esters is 1. The van der Waals surface area contributed by atoms with Gasteiger partial charge < -0.3 is 4.74 Å². The van der Waals surface area contributed by atoms with Crippen molar-refractivity contribution in [3.63, 3.8) is 0 Å². The molecule has 0 N–H and O–H groups in total. The molecule has 0 aliphatic carbocycles. The van der Waals surface area contributed by atoms with Gasteiger partial charge in [-0.25, -0.2) is 14.8 Å². The summed E-state index contributed by atoms with van der Waals surface area (Å²) in [5.41, 5.74) is 0.641. The van der Waals surface area contributed by atoms with Crippen molar-refractivity contribution < 1.29 is 9.53 Å². The van der Waals surface area contributed by atoms with Crippen LogP contribution in [-0.4, -0.2) is 22.5 Å². The molecule has 1 aromatic rings. The molecule has 5 nitrogen and oxygen atoms in total. The van der Waals surface area contributed by atoms with Crippen LogP contribution in [0.3, 0.4) is 0 Å². The van der Waals surface area contributed by atoms with Crippen LogP contribution in [0, 0.1) is 11.3 Å². The van der Waals surface area contributed by atoms with Crippen molar-refractivity contribution in [3.05, 3.63) is 29.9 Å². The van der Waals surface area contributed by atoms with Gasteiger partial charge in [0.1, 0.15) is 6.07 Å². The standard InChI is InChI=1S/C10H9N3O2/c1-2-15-10(14)4-3-8-6-12-9(5-11)13-7-8/h3-4,6-7H,2H2,1H3. The van der Waals surface area contributed by atoms with Crippen LogP contribution in [0.25, 0.3) is 6.08 Å². The largest absolute Gasteiger partial charge is 0.463 e. The number of nitriles is 1. The van der Waals surface area contributed by atoms with E-state index in [4.69, 9.17) is 5.26 Å². The maximum atomic E-state index is 10.9.